The van der Waals surface area contributed by atoms with E-state index in [4.69, 9.17) is 4.74 Å². The molecular formula is C19H24N3O2+. The Morgan fingerprint density at radius 3 is 2.54 bits per heavy atom. The van der Waals surface area contributed by atoms with Gasteiger partial charge in [0.15, 0.2) is 11.9 Å². The van der Waals surface area contributed by atoms with Crippen LogP contribution in [0.5, 0.6) is 0 Å². The summed E-state index contributed by atoms with van der Waals surface area (Å²) in [6.45, 7) is 7.26. The van der Waals surface area contributed by atoms with Crippen molar-refractivity contribution in [2.45, 2.75) is 19.9 Å². The molecule has 2 aromatic rings. The largest absolute Gasteiger partial charge is 0.378 e. The molecular weight excluding hydrogens is 302 g/mol. The van der Waals surface area contributed by atoms with Crippen molar-refractivity contribution in [3.8, 4) is 0 Å². The molecule has 5 heteroatoms. The van der Waals surface area contributed by atoms with E-state index in [0.29, 0.717) is 0 Å². The van der Waals surface area contributed by atoms with E-state index in [2.05, 4.69) is 10.2 Å². The van der Waals surface area contributed by atoms with Crippen molar-refractivity contribution in [2.24, 2.45) is 0 Å². The lowest BCUT2D eigenvalue weighted by Crippen LogP contribution is -2.46. The van der Waals surface area contributed by atoms with Crippen LogP contribution in [0.25, 0.3) is 0 Å². The zero-order chi connectivity index (χ0) is 16.9. The van der Waals surface area contributed by atoms with Crippen LogP contribution in [-0.2, 0) is 9.53 Å². The second kappa shape index (κ2) is 7.45. The van der Waals surface area contributed by atoms with Gasteiger partial charge in [0.1, 0.15) is 0 Å². The Balaban J connectivity index is 1.65. The van der Waals surface area contributed by atoms with Gasteiger partial charge in [0.25, 0.3) is 5.91 Å². The van der Waals surface area contributed by atoms with E-state index in [9.17, 15) is 4.79 Å². The van der Waals surface area contributed by atoms with E-state index in [1.807, 2.05) is 67.1 Å². The number of carbonyl (C=O) groups is 1. The second-order valence-electron chi connectivity index (χ2n) is 6.06. The summed E-state index contributed by atoms with van der Waals surface area (Å²) in [6.07, 6.45) is 1.93. The molecule has 1 saturated heterocycles. The van der Waals surface area contributed by atoms with Gasteiger partial charge < -0.3 is 15.0 Å². The highest BCUT2D eigenvalue weighted by molar-refractivity contribution is 5.92. The Hall–Kier alpha value is -2.40. The molecule has 0 saturated carbocycles. The summed E-state index contributed by atoms with van der Waals surface area (Å²) in [5, 5.41) is 2.99. The van der Waals surface area contributed by atoms with Crippen LogP contribution in [0, 0.1) is 6.92 Å². The molecule has 0 spiro atoms. The van der Waals surface area contributed by atoms with E-state index < -0.39 is 0 Å². The molecule has 126 valence electrons. The maximum atomic E-state index is 12.5. The number of pyridine rings is 1. The lowest BCUT2D eigenvalue weighted by molar-refractivity contribution is -0.711. The first kappa shape index (κ1) is 16.5. The third-order valence-corrected chi connectivity index (χ3v) is 4.41. The molecule has 1 aliphatic heterocycles. The first-order chi connectivity index (χ1) is 11.6. The lowest BCUT2D eigenvalue weighted by atomic mass is 10.2. The fourth-order valence-electron chi connectivity index (χ4n) is 2.93. The first-order valence-corrected chi connectivity index (χ1v) is 8.35. The minimum atomic E-state index is -0.259. The number of morpholine rings is 1. The molecule has 1 aliphatic rings. The Morgan fingerprint density at radius 1 is 1.17 bits per heavy atom. The third kappa shape index (κ3) is 3.74. The van der Waals surface area contributed by atoms with E-state index in [-0.39, 0.29) is 11.9 Å². The molecule has 1 aromatic carbocycles. The predicted molar refractivity (Wildman–Crippen MR) is 94.2 cm³/mol. The van der Waals surface area contributed by atoms with Gasteiger partial charge in [0, 0.05) is 50.4 Å². The number of benzene rings is 1. The molecule has 2 heterocycles. The van der Waals surface area contributed by atoms with Gasteiger partial charge in [-0.2, -0.15) is 4.57 Å². The average Bonchev–Trinajstić information content (AvgIpc) is 2.63. The number of amides is 1. The van der Waals surface area contributed by atoms with Crippen LogP contribution in [0.2, 0.25) is 0 Å². The third-order valence-electron chi connectivity index (χ3n) is 4.41. The monoisotopic (exact) mass is 326 g/mol. The molecule has 1 aromatic heterocycles. The van der Waals surface area contributed by atoms with Gasteiger partial charge >= 0.3 is 0 Å². The summed E-state index contributed by atoms with van der Waals surface area (Å²) >= 11 is 0. The van der Waals surface area contributed by atoms with Crippen molar-refractivity contribution in [3.05, 3.63) is 54.4 Å². The van der Waals surface area contributed by atoms with Crippen LogP contribution >= 0.6 is 0 Å². The van der Waals surface area contributed by atoms with Crippen molar-refractivity contribution >= 4 is 17.3 Å². The Labute approximate surface area is 142 Å². The Kier molecular flexibility index (Phi) is 5.11. The number of hydrogen-bond acceptors (Lipinski definition) is 3. The highest BCUT2D eigenvalue weighted by Crippen LogP contribution is 2.19. The number of carbonyl (C=O) groups excluding carboxylic acids is 1. The minimum Gasteiger partial charge on any atom is -0.378 e. The van der Waals surface area contributed by atoms with Crippen molar-refractivity contribution < 1.29 is 14.1 Å². The highest BCUT2D eigenvalue weighted by atomic mass is 16.5. The van der Waals surface area contributed by atoms with Gasteiger partial charge in [-0.1, -0.05) is 6.07 Å². The zero-order valence-electron chi connectivity index (χ0n) is 14.2. The summed E-state index contributed by atoms with van der Waals surface area (Å²) < 4.78 is 7.34. The van der Waals surface area contributed by atoms with Crippen molar-refractivity contribution in [2.75, 3.05) is 36.5 Å². The van der Waals surface area contributed by atoms with Crippen LogP contribution in [-0.4, -0.2) is 32.2 Å². The van der Waals surface area contributed by atoms with Crippen LogP contribution in [0.4, 0.5) is 11.4 Å². The van der Waals surface area contributed by atoms with E-state index >= 15 is 0 Å². The molecule has 5 nitrogen and oxygen atoms in total. The zero-order valence-corrected chi connectivity index (χ0v) is 14.2. The molecule has 0 aliphatic carbocycles. The summed E-state index contributed by atoms with van der Waals surface area (Å²) in [5.74, 6) is -0.0200. The van der Waals surface area contributed by atoms with Gasteiger partial charge in [0.05, 0.1) is 13.2 Å². The molecule has 3 rings (SSSR count). The summed E-state index contributed by atoms with van der Waals surface area (Å²) in [4.78, 5) is 14.8. The van der Waals surface area contributed by atoms with Crippen molar-refractivity contribution in [3.63, 3.8) is 0 Å². The first-order valence-electron chi connectivity index (χ1n) is 8.35. The van der Waals surface area contributed by atoms with E-state index in [0.717, 1.165) is 43.4 Å². The van der Waals surface area contributed by atoms with Crippen LogP contribution in [0.1, 0.15) is 18.7 Å². The Bertz CT molecular complexity index is 694. The fourth-order valence-corrected chi connectivity index (χ4v) is 2.93. The molecule has 1 atom stereocenters. The smallest absolute Gasteiger partial charge is 0.293 e. The predicted octanol–water partition coefficient (Wildman–Crippen LogP) is 2.32. The number of hydrogen-bond donors (Lipinski definition) is 1. The van der Waals surface area contributed by atoms with Gasteiger partial charge in [0.2, 0.25) is 6.04 Å². The second-order valence-corrected chi connectivity index (χ2v) is 6.06. The maximum absolute atomic E-state index is 12.5. The van der Waals surface area contributed by atoms with Gasteiger partial charge in [-0.3, -0.25) is 4.79 Å². The molecule has 0 bridgehead atoms. The Morgan fingerprint density at radius 2 is 1.88 bits per heavy atom. The normalized spacial score (nSPS) is 15.8. The fraction of sp³-hybridized carbons (Fsp3) is 0.368. The lowest BCUT2D eigenvalue weighted by Gasteiger charge is -2.28. The topological polar surface area (TPSA) is 45.5 Å². The van der Waals surface area contributed by atoms with Crippen molar-refractivity contribution in [1.29, 1.82) is 0 Å². The molecule has 1 fully saturated rings. The standard InChI is InChI=1S/C19H23N3O2/c1-15-5-3-4-10-22(15)16(2)19(23)20-17-6-8-18(9-7-17)21-11-13-24-14-12-21/h3-10,16H,11-14H2,1-2H3/p+1/t16-/m1/s1. The van der Waals surface area contributed by atoms with Crippen LogP contribution in [0.15, 0.2) is 48.7 Å². The number of rotatable bonds is 4. The highest BCUT2D eigenvalue weighted by Gasteiger charge is 2.23. The molecule has 1 N–H and O–H groups in total. The number of ether oxygens (including phenoxy) is 1. The molecule has 0 radical (unpaired) electrons. The van der Waals surface area contributed by atoms with Crippen LogP contribution in [0.3, 0.4) is 0 Å². The molecule has 24 heavy (non-hydrogen) atoms. The summed E-state index contributed by atoms with van der Waals surface area (Å²) in [6, 6.07) is 13.7. The maximum Gasteiger partial charge on any atom is 0.293 e. The SMILES string of the molecule is Cc1cccc[n+]1[C@H](C)C(=O)Nc1ccc(N2CCOCC2)cc1. The van der Waals surface area contributed by atoms with E-state index in [1.54, 1.807) is 0 Å². The summed E-state index contributed by atoms with van der Waals surface area (Å²) in [5.41, 5.74) is 3.04. The van der Waals surface area contributed by atoms with Gasteiger partial charge in [-0.05, 0) is 24.3 Å². The number of nitrogens with zero attached hydrogens (tertiary/aromatic N) is 2. The number of anilines is 2. The van der Waals surface area contributed by atoms with Crippen LogP contribution < -0.4 is 14.8 Å². The number of aromatic nitrogens is 1. The van der Waals surface area contributed by atoms with Crippen molar-refractivity contribution in [1.82, 2.24) is 0 Å². The van der Waals surface area contributed by atoms with E-state index in [1.165, 1.54) is 0 Å². The van der Waals surface area contributed by atoms with Gasteiger partial charge in [-0.15, -0.1) is 0 Å². The minimum absolute atomic E-state index is 0.0200. The molecule has 0 unspecified atom stereocenters. The number of nitrogens with one attached hydrogen (secondary N) is 1. The number of aryl methyl sites for hydroxylation is 1. The quantitative estimate of drug-likeness (QED) is 0.877. The summed E-state index contributed by atoms with van der Waals surface area (Å²) in [7, 11) is 0. The molecule has 1 amide bonds. The average molecular weight is 326 g/mol. The van der Waals surface area contributed by atoms with Gasteiger partial charge in [-0.25, -0.2) is 0 Å².